The highest BCUT2D eigenvalue weighted by molar-refractivity contribution is 5.79. The second kappa shape index (κ2) is 11.8. The minimum Gasteiger partial charge on any atom is -0.461 e. The van der Waals surface area contributed by atoms with E-state index >= 15 is 0 Å². The average Bonchev–Trinajstić information content (AvgIpc) is 3.85. The molecule has 5 aromatic rings. The zero-order valence-corrected chi connectivity index (χ0v) is 29.7. The monoisotopic (exact) mass is 687 g/mol. The largest absolute Gasteiger partial charge is 0.461 e. The van der Waals surface area contributed by atoms with Crippen LogP contribution < -0.4 is 9.64 Å². The summed E-state index contributed by atoms with van der Waals surface area (Å²) in [5.74, 6) is 1.83. The molecule has 264 valence electrons. The third kappa shape index (κ3) is 5.02. The normalized spacial score (nSPS) is 26.3. The van der Waals surface area contributed by atoms with E-state index in [0.717, 1.165) is 111 Å². The highest BCUT2D eigenvalue weighted by Gasteiger charge is 2.50. The number of ether oxygens (including phenoxy) is 1. The number of nitrogens with zero attached hydrogens (tertiary/aromatic N) is 9. The Bertz CT molecular complexity index is 2140. The summed E-state index contributed by atoms with van der Waals surface area (Å²) in [6, 6.07) is 19.8. The van der Waals surface area contributed by atoms with E-state index in [0.29, 0.717) is 32.1 Å². The van der Waals surface area contributed by atoms with Crippen LogP contribution in [0.4, 0.5) is 10.2 Å². The third-order valence-corrected chi connectivity index (χ3v) is 12.8. The number of fused-ring (bicyclic) bond motifs is 6. The van der Waals surface area contributed by atoms with Crippen LogP contribution in [-0.2, 0) is 45.1 Å². The topological polar surface area (TPSA) is 80.4 Å². The van der Waals surface area contributed by atoms with Crippen LogP contribution >= 0.6 is 0 Å². The summed E-state index contributed by atoms with van der Waals surface area (Å²) in [7, 11) is 4.34. The highest BCUT2D eigenvalue weighted by Crippen LogP contribution is 2.47. The van der Waals surface area contributed by atoms with E-state index in [1.165, 1.54) is 16.7 Å². The van der Waals surface area contributed by atoms with Gasteiger partial charge in [0.15, 0.2) is 5.82 Å². The molecular weight excluding hydrogens is 642 g/mol. The van der Waals surface area contributed by atoms with Gasteiger partial charge < -0.3 is 14.2 Å². The number of hydrogen-bond donors (Lipinski definition) is 0. The quantitative estimate of drug-likeness (QED) is 0.229. The maximum atomic E-state index is 14.7. The zero-order valence-electron chi connectivity index (χ0n) is 29.7. The van der Waals surface area contributed by atoms with Crippen LogP contribution in [0.5, 0.6) is 6.01 Å². The number of aryl methyl sites for hydroxylation is 3. The summed E-state index contributed by atoms with van der Waals surface area (Å²) in [5, 5.41) is 5.08. The first kappa shape index (κ1) is 31.4. The van der Waals surface area contributed by atoms with Gasteiger partial charge in [0.2, 0.25) is 0 Å². The Hall–Kier alpha value is -4.35. The molecule has 0 bridgehead atoms. The van der Waals surface area contributed by atoms with Gasteiger partial charge in [-0.05, 0) is 81.4 Å². The van der Waals surface area contributed by atoms with Crippen molar-refractivity contribution in [1.29, 1.82) is 0 Å². The summed E-state index contributed by atoms with van der Waals surface area (Å²) in [4.78, 5) is 22.7. The van der Waals surface area contributed by atoms with Crippen molar-refractivity contribution in [1.82, 2.24) is 39.1 Å². The Labute approximate surface area is 298 Å². The van der Waals surface area contributed by atoms with E-state index in [1.54, 1.807) is 0 Å². The Morgan fingerprint density at radius 3 is 2.73 bits per heavy atom. The number of anilines is 1. The van der Waals surface area contributed by atoms with Crippen molar-refractivity contribution < 1.29 is 9.13 Å². The molecule has 7 heterocycles. The van der Waals surface area contributed by atoms with Gasteiger partial charge in [-0.1, -0.05) is 36.4 Å². The maximum Gasteiger partial charge on any atom is 0.318 e. The number of likely N-dealkylation sites (N-methyl/N-ethyl adjacent to an activating group) is 1. The molecule has 10 rings (SSSR count). The minimum absolute atomic E-state index is 0.115. The summed E-state index contributed by atoms with van der Waals surface area (Å²) < 4.78 is 25.6. The number of aromatic nitrogens is 6. The first-order valence-corrected chi connectivity index (χ1v) is 18.8. The van der Waals surface area contributed by atoms with Crippen molar-refractivity contribution >= 4 is 16.9 Å². The van der Waals surface area contributed by atoms with E-state index in [1.807, 2.05) is 6.07 Å². The first-order valence-electron chi connectivity index (χ1n) is 18.8. The molecule has 4 aliphatic heterocycles. The third-order valence-electron chi connectivity index (χ3n) is 12.8. The molecule has 0 saturated carbocycles. The number of halogens is 1. The van der Waals surface area contributed by atoms with Gasteiger partial charge in [-0.25, -0.2) is 9.37 Å². The fourth-order valence-electron chi connectivity index (χ4n) is 10.2. The lowest BCUT2D eigenvalue weighted by atomic mass is 9.71. The van der Waals surface area contributed by atoms with Crippen molar-refractivity contribution in [3.8, 4) is 17.5 Å². The van der Waals surface area contributed by atoms with E-state index in [4.69, 9.17) is 24.8 Å². The molecule has 0 radical (unpaired) electrons. The molecule has 2 saturated heterocycles. The lowest BCUT2D eigenvalue weighted by Gasteiger charge is -2.49. The zero-order chi connectivity index (χ0) is 34.3. The van der Waals surface area contributed by atoms with Crippen molar-refractivity contribution in [2.45, 2.75) is 88.3 Å². The molecule has 0 N–H and O–H groups in total. The van der Waals surface area contributed by atoms with Crippen LogP contribution in [-0.4, -0.2) is 84.1 Å². The van der Waals surface area contributed by atoms with Crippen LogP contribution in [0.1, 0.15) is 66.6 Å². The molecule has 3 atom stereocenters. The van der Waals surface area contributed by atoms with Crippen LogP contribution in [0.3, 0.4) is 0 Å². The van der Waals surface area contributed by atoms with Crippen LogP contribution in [0.2, 0.25) is 0 Å². The average molecular weight is 688 g/mol. The minimum atomic E-state index is -0.799. The van der Waals surface area contributed by atoms with Gasteiger partial charge in [-0.15, -0.1) is 0 Å². The summed E-state index contributed by atoms with van der Waals surface area (Å²) in [6.45, 7) is 4.99. The SMILES string of the molecule is CN1Cc2c(nc(OC[C@@]34CCCN3C[C@H](F)C4)nc2N2CCCn3nc(-c4nc5ccccc5n4C)cc3C2)C[C@]12CCCc1ccccc12. The van der Waals surface area contributed by atoms with E-state index in [-0.39, 0.29) is 11.1 Å². The van der Waals surface area contributed by atoms with Crippen LogP contribution in [0.15, 0.2) is 54.6 Å². The lowest BCUT2D eigenvalue weighted by molar-refractivity contribution is 0.0714. The predicted octanol–water partition coefficient (Wildman–Crippen LogP) is 5.81. The number of benzene rings is 2. The molecule has 11 heteroatoms. The summed E-state index contributed by atoms with van der Waals surface area (Å²) in [5.41, 5.74) is 8.88. The molecule has 3 aromatic heterocycles. The van der Waals surface area contributed by atoms with Crippen molar-refractivity contribution in [3.63, 3.8) is 0 Å². The molecule has 2 aromatic carbocycles. The molecule has 1 spiro atoms. The Kier molecular flexibility index (Phi) is 7.29. The Morgan fingerprint density at radius 2 is 1.80 bits per heavy atom. The number of para-hydroxylation sites is 2. The van der Waals surface area contributed by atoms with Gasteiger partial charge >= 0.3 is 6.01 Å². The van der Waals surface area contributed by atoms with E-state index in [2.05, 4.69) is 86.6 Å². The molecule has 10 nitrogen and oxygen atoms in total. The van der Waals surface area contributed by atoms with Crippen molar-refractivity contribution in [3.05, 3.63) is 82.7 Å². The van der Waals surface area contributed by atoms with Gasteiger partial charge in [0, 0.05) is 51.6 Å². The van der Waals surface area contributed by atoms with Crippen molar-refractivity contribution in [2.24, 2.45) is 7.05 Å². The molecule has 0 amide bonds. The van der Waals surface area contributed by atoms with E-state index < -0.39 is 6.17 Å². The Morgan fingerprint density at radius 1 is 0.922 bits per heavy atom. The second-order valence-electron chi connectivity index (χ2n) is 15.7. The molecule has 2 fully saturated rings. The van der Waals surface area contributed by atoms with Gasteiger partial charge in [0.05, 0.1) is 40.0 Å². The van der Waals surface area contributed by atoms with Crippen molar-refractivity contribution in [2.75, 3.05) is 38.2 Å². The number of alkyl halides is 1. The maximum absolute atomic E-state index is 14.7. The standard InChI is InChI=1S/C40H46FN9O/c1-46-25-30-34(22-40(46)16-7-11-27-10-3-4-12-31(27)40)43-38(51-26-39-15-8-18-49(39)23-28(41)21-39)44-36(30)48-17-9-19-50-29(24-48)20-33(45-50)37-42-32-13-5-6-14-35(32)47(37)2/h3-6,10,12-14,20,28H,7-9,11,15-19,21-26H2,1-2H3/t28-,39+,40+/m1/s1. The predicted molar refractivity (Wildman–Crippen MR) is 194 cm³/mol. The van der Waals surface area contributed by atoms with Gasteiger partial charge in [-0.2, -0.15) is 15.1 Å². The number of hydrogen-bond acceptors (Lipinski definition) is 8. The second-order valence-corrected chi connectivity index (χ2v) is 15.7. The highest BCUT2D eigenvalue weighted by atomic mass is 19.1. The molecule has 1 aliphatic carbocycles. The molecular formula is C40H46FN9O. The smallest absolute Gasteiger partial charge is 0.318 e. The fraction of sp³-hybridized carbons (Fsp3) is 0.500. The molecule has 5 aliphatic rings. The van der Waals surface area contributed by atoms with Gasteiger partial charge in [0.25, 0.3) is 0 Å². The van der Waals surface area contributed by atoms with E-state index in [9.17, 15) is 4.39 Å². The summed E-state index contributed by atoms with van der Waals surface area (Å²) >= 11 is 0. The summed E-state index contributed by atoms with van der Waals surface area (Å²) in [6.07, 6.45) is 6.89. The van der Waals surface area contributed by atoms with Gasteiger partial charge in [0.1, 0.15) is 24.3 Å². The Balaban J connectivity index is 1.03. The van der Waals surface area contributed by atoms with Crippen LogP contribution in [0, 0.1) is 0 Å². The first-order chi connectivity index (χ1) is 24.9. The number of rotatable bonds is 5. The van der Waals surface area contributed by atoms with Crippen LogP contribution in [0.25, 0.3) is 22.6 Å². The molecule has 51 heavy (non-hydrogen) atoms. The van der Waals surface area contributed by atoms with Gasteiger partial charge in [-0.3, -0.25) is 14.5 Å². The molecule has 0 unspecified atom stereocenters. The number of imidazole rings is 1. The fourth-order valence-corrected chi connectivity index (χ4v) is 10.2. The lowest BCUT2D eigenvalue weighted by Crippen LogP contribution is -2.51.